The number of nitrogens with one attached hydrogen (secondary N) is 2. The first-order valence-corrected chi connectivity index (χ1v) is 5.52. The van der Waals surface area contributed by atoms with Crippen molar-refractivity contribution in [2.24, 2.45) is 0 Å². The van der Waals surface area contributed by atoms with Gasteiger partial charge in [-0.15, -0.1) is 0 Å². The lowest BCUT2D eigenvalue weighted by Crippen LogP contribution is -2.40. The average Bonchev–Trinajstić information content (AvgIpc) is 2.35. The van der Waals surface area contributed by atoms with E-state index in [4.69, 9.17) is 0 Å². The average molecular weight is 258 g/mol. The molecule has 0 aliphatic carbocycles. The van der Waals surface area contributed by atoms with Crippen LogP contribution < -0.4 is 15.4 Å². The van der Waals surface area contributed by atoms with E-state index in [1.54, 1.807) is 25.1 Å². The van der Waals surface area contributed by atoms with Gasteiger partial charge in [0.15, 0.2) is 0 Å². The molecule has 0 spiro atoms. The predicted octanol–water partition coefficient (Wildman–Crippen LogP) is 1.51. The molecule has 1 rings (SSSR count). The molecule has 2 N–H and O–H groups in total. The Labute approximate surface area is 104 Å². The molecule has 1 atom stereocenters. The van der Waals surface area contributed by atoms with Crippen LogP contribution in [0.15, 0.2) is 24.3 Å². The van der Waals surface area contributed by atoms with Crippen LogP contribution in [-0.2, 0) is 11.3 Å². The van der Waals surface area contributed by atoms with E-state index in [0.717, 1.165) is 0 Å². The lowest BCUT2D eigenvalue weighted by atomic mass is 10.2. The molecule has 0 aliphatic heterocycles. The van der Waals surface area contributed by atoms with Crippen molar-refractivity contribution < 1.29 is 18.3 Å². The first-order valence-electron chi connectivity index (χ1n) is 5.52. The molecule has 1 aromatic carbocycles. The molecule has 0 saturated heterocycles. The number of ether oxygens (including phenoxy) is 1. The maximum absolute atomic E-state index is 12.2. The van der Waals surface area contributed by atoms with E-state index in [9.17, 15) is 13.6 Å². The van der Waals surface area contributed by atoms with Crippen LogP contribution in [0.25, 0.3) is 0 Å². The van der Waals surface area contributed by atoms with Crippen LogP contribution in [0.3, 0.4) is 0 Å². The molecule has 6 heteroatoms. The van der Waals surface area contributed by atoms with E-state index in [0.29, 0.717) is 5.56 Å². The smallest absolute Gasteiger partial charge is 0.387 e. The van der Waals surface area contributed by atoms with Crippen molar-refractivity contribution >= 4 is 5.91 Å². The van der Waals surface area contributed by atoms with Gasteiger partial charge in [0, 0.05) is 19.2 Å². The maximum Gasteiger partial charge on any atom is 0.387 e. The summed E-state index contributed by atoms with van der Waals surface area (Å²) in [6.07, 6.45) is 0. The highest BCUT2D eigenvalue weighted by Gasteiger charge is 2.12. The summed E-state index contributed by atoms with van der Waals surface area (Å²) in [7, 11) is 1.54. The van der Waals surface area contributed by atoms with Gasteiger partial charge in [0.25, 0.3) is 0 Å². The van der Waals surface area contributed by atoms with Crippen LogP contribution in [0, 0.1) is 0 Å². The Bertz CT molecular complexity index is 399. The van der Waals surface area contributed by atoms with Crippen LogP contribution in [0.4, 0.5) is 8.78 Å². The van der Waals surface area contributed by atoms with E-state index in [-0.39, 0.29) is 18.2 Å². The summed E-state index contributed by atoms with van der Waals surface area (Å²) in [5, 5.41) is 5.42. The molecular formula is C12H16F2N2O2. The minimum Gasteiger partial charge on any atom is -0.434 e. The van der Waals surface area contributed by atoms with E-state index in [1.165, 1.54) is 13.1 Å². The summed E-state index contributed by atoms with van der Waals surface area (Å²) in [6.45, 7) is -0.894. The van der Waals surface area contributed by atoms with Crippen LogP contribution in [0.2, 0.25) is 0 Å². The topological polar surface area (TPSA) is 50.4 Å². The SMILES string of the molecule is CNC(=O)C(C)NCc1ccccc1OC(F)F. The monoisotopic (exact) mass is 258 g/mol. The molecule has 4 nitrogen and oxygen atoms in total. The summed E-state index contributed by atoms with van der Waals surface area (Å²) in [5.74, 6) is -0.0497. The zero-order chi connectivity index (χ0) is 13.5. The molecule has 100 valence electrons. The fourth-order valence-electron chi connectivity index (χ4n) is 1.43. The summed E-state index contributed by atoms with van der Waals surface area (Å²) >= 11 is 0. The molecular weight excluding hydrogens is 242 g/mol. The fraction of sp³-hybridized carbons (Fsp3) is 0.417. The number of carbonyl (C=O) groups excluding carboxylic acids is 1. The number of amides is 1. The molecule has 0 heterocycles. The zero-order valence-electron chi connectivity index (χ0n) is 10.2. The summed E-state index contributed by atoms with van der Waals surface area (Å²) < 4.78 is 28.7. The van der Waals surface area contributed by atoms with E-state index >= 15 is 0 Å². The number of rotatable bonds is 6. The Morgan fingerprint density at radius 1 is 1.39 bits per heavy atom. The lowest BCUT2D eigenvalue weighted by molar-refractivity contribution is -0.122. The van der Waals surface area contributed by atoms with Crippen molar-refractivity contribution in [2.45, 2.75) is 26.1 Å². The van der Waals surface area contributed by atoms with Gasteiger partial charge in [0.2, 0.25) is 5.91 Å². The van der Waals surface area contributed by atoms with Gasteiger partial charge in [0.1, 0.15) is 5.75 Å². The number of halogens is 2. The van der Waals surface area contributed by atoms with Crippen LogP contribution in [-0.4, -0.2) is 25.6 Å². The quantitative estimate of drug-likeness (QED) is 0.813. The fourth-order valence-corrected chi connectivity index (χ4v) is 1.43. The van der Waals surface area contributed by atoms with Gasteiger partial charge in [-0.05, 0) is 13.0 Å². The number of hydrogen-bond donors (Lipinski definition) is 2. The molecule has 0 bridgehead atoms. The Hall–Kier alpha value is -1.69. The molecule has 18 heavy (non-hydrogen) atoms. The molecule has 1 aromatic rings. The lowest BCUT2D eigenvalue weighted by Gasteiger charge is -2.14. The highest BCUT2D eigenvalue weighted by atomic mass is 19.3. The minimum absolute atomic E-state index is 0.115. The van der Waals surface area contributed by atoms with Gasteiger partial charge in [-0.2, -0.15) is 8.78 Å². The summed E-state index contributed by atoms with van der Waals surface area (Å²) in [4.78, 5) is 11.3. The molecule has 0 radical (unpaired) electrons. The highest BCUT2D eigenvalue weighted by Crippen LogP contribution is 2.19. The maximum atomic E-state index is 12.2. The number of likely N-dealkylation sites (N-methyl/N-ethyl adjacent to an activating group) is 1. The summed E-state index contributed by atoms with van der Waals surface area (Å²) in [6, 6.07) is 6.06. The first kappa shape index (κ1) is 14.4. The first-order chi connectivity index (χ1) is 8.54. The largest absolute Gasteiger partial charge is 0.434 e. The third-order valence-corrected chi connectivity index (χ3v) is 2.43. The van der Waals surface area contributed by atoms with Crippen molar-refractivity contribution in [1.82, 2.24) is 10.6 Å². The second-order valence-electron chi connectivity index (χ2n) is 3.70. The minimum atomic E-state index is -2.86. The number of hydrogen-bond acceptors (Lipinski definition) is 3. The van der Waals surface area contributed by atoms with Crippen molar-refractivity contribution in [2.75, 3.05) is 7.05 Å². The Kier molecular flexibility index (Phi) is 5.51. The Balaban J connectivity index is 2.64. The second-order valence-corrected chi connectivity index (χ2v) is 3.70. The van der Waals surface area contributed by atoms with E-state index < -0.39 is 12.7 Å². The number of carbonyl (C=O) groups is 1. The third-order valence-electron chi connectivity index (χ3n) is 2.43. The number of benzene rings is 1. The molecule has 0 saturated carbocycles. The Morgan fingerprint density at radius 2 is 2.06 bits per heavy atom. The van der Waals surface area contributed by atoms with Gasteiger partial charge in [-0.3, -0.25) is 4.79 Å². The van der Waals surface area contributed by atoms with Crippen molar-refractivity contribution in [3.05, 3.63) is 29.8 Å². The molecule has 1 unspecified atom stereocenters. The molecule has 0 fully saturated rings. The molecule has 0 aromatic heterocycles. The van der Waals surface area contributed by atoms with Gasteiger partial charge in [0.05, 0.1) is 6.04 Å². The second kappa shape index (κ2) is 6.90. The standard InChI is InChI=1S/C12H16F2N2O2/c1-8(11(17)15-2)16-7-9-5-3-4-6-10(9)18-12(13)14/h3-6,8,12,16H,7H2,1-2H3,(H,15,17). The van der Waals surface area contributed by atoms with Crippen LogP contribution >= 0.6 is 0 Å². The van der Waals surface area contributed by atoms with Crippen LogP contribution in [0.5, 0.6) is 5.75 Å². The summed E-state index contributed by atoms with van der Waals surface area (Å²) in [5.41, 5.74) is 0.577. The number of para-hydroxylation sites is 1. The zero-order valence-corrected chi connectivity index (χ0v) is 10.2. The van der Waals surface area contributed by atoms with Gasteiger partial charge in [-0.1, -0.05) is 18.2 Å². The molecule has 0 aliphatic rings. The van der Waals surface area contributed by atoms with E-state index in [2.05, 4.69) is 15.4 Å². The molecule has 1 amide bonds. The third kappa shape index (κ3) is 4.29. The van der Waals surface area contributed by atoms with Crippen molar-refractivity contribution in [3.63, 3.8) is 0 Å². The predicted molar refractivity (Wildman–Crippen MR) is 63.4 cm³/mol. The van der Waals surface area contributed by atoms with Crippen molar-refractivity contribution in [1.29, 1.82) is 0 Å². The number of alkyl halides is 2. The van der Waals surface area contributed by atoms with Crippen LogP contribution in [0.1, 0.15) is 12.5 Å². The van der Waals surface area contributed by atoms with Crippen molar-refractivity contribution in [3.8, 4) is 5.75 Å². The Morgan fingerprint density at radius 3 is 2.67 bits per heavy atom. The van der Waals surface area contributed by atoms with Gasteiger partial charge < -0.3 is 15.4 Å². The van der Waals surface area contributed by atoms with Gasteiger partial charge >= 0.3 is 6.61 Å². The highest BCUT2D eigenvalue weighted by molar-refractivity contribution is 5.80. The normalized spacial score (nSPS) is 12.3. The van der Waals surface area contributed by atoms with Gasteiger partial charge in [-0.25, -0.2) is 0 Å². The van der Waals surface area contributed by atoms with E-state index in [1.807, 2.05) is 0 Å².